The molecular weight excluding hydrogens is 346 g/mol. The second-order valence-electron chi connectivity index (χ2n) is 7.19. The van der Waals surface area contributed by atoms with Gasteiger partial charge in [-0.1, -0.05) is 19.0 Å². The molecule has 0 aliphatic carbocycles. The van der Waals surface area contributed by atoms with E-state index in [-0.39, 0.29) is 23.4 Å². The lowest BCUT2D eigenvalue weighted by Gasteiger charge is -2.22. The van der Waals surface area contributed by atoms with Gasteiger partial charge in [0.1, 0.15) is 6.04 Å². The third kappa shape index (κ3) is 3.01. The number of aromatic nitrogens is 4. The molecule has 2 aromatic heterocycles. The molecule has 0 N–H and O–H groups in total. The lowest BCUT2D eigenvalue weighted by molar-refractivity contribution is 0.0710. The van der Waals surface area contributed by atoms with Gasteiger partial charge in [0.15, 0.2) is 5.82 Å². The number of nitrogens with zero attached hydrogens (tertiary/aromatic N) is 5. The van der Waals surface area contributed by atoms with Gasteiger partial charge in [-0.2, -0.15) is 4.98 Å². The monoisotopic (exact) mass is 367 g/mol. The van der Waals surface area contributed by atoms with Crippen LogP contribution in [0.3, 0.4) is 0 Å². The predicted molar refractivity (Wildman–Crippen MR) is 98.4 cm³/mol. The van der Waals surface area contributed by atoms with Crippen molar-refractivity contribution in [2.24, 2.45) is 7.05 Å². The lowest BCUT2D eigenvalue weighted by atomic mass is 10.1. The van der Waals surface area contributed by atoms with E-state index >= 15 is 0 Å². The smallest absolute Gasteiger partial charge is 0.260 e. The summed E-state index contributed by atoms with van der Waals surface area (Å²) in [6, 6.07) is 4.79. The van der Waals surface area contributed by atoms with E-state index in [1.54, 1.807) is 30.1 Å². The van der Waals surface area contributed by atoms with Crippen molar-refractivity contribution >= 4 is 16.8 Å². The Bertz CT molecular complexity index is 1070. The van der Waals surface area contributed by atoms with E-state index in [1.165, 1.54) is 10.9 Å². The van der Waals surface area contributed by atoms with Gasteiger partial charge in [0.05, 0.1) is 17.2 Å². The Morgan fingerprint density at radius 2 is 2.15 bits per heavy atom. The quantitative estimate of drug-likeness (QED) is 0.706. The summed E-state index contributed by atoms with van der Waals surface area (Å²) < 4.78 is 6.83. The summed E-state index contributed by atoms with van der Waals surface area (Å²) in [6.45, 7) is 4.63. The van der Waals surface area contributed by atoms with E-state index in [9.17, 15) is 9.59 Å². The van der Waals surface area contributed by atoms with Gasteiger partial charge >= 0.3 is 0 Å². The second-order valence-corrected chi connectivity index (χ2v) is 7.19. The molecule has 1 atom stereocenters. The largest absolute Gasteiger partial charge is 0.337 e. The highest BCUT2D eigenvalue weighted by atomic mass is 16.5. The van der Waals surface area contributed by atoms with Crippen LogP contribution >= 0.6 is 0 Å². The molecule has 3 heterocycles. The van der Waals surface area contributed by atoms with Crippen LogP contribution in [-0.2, 0) is 7.05 Å². The lowest BCUT2D eigenvalue weighted by Crippen LogP contribution is -2.31. The van der Waals surface area contributed by atoms with Crippen molar-refractivity contribution in [2.45, 2.75) is 38.6 Å². The number of aryl methyl sites for hydroxylation is 1. The Morgan fingerprint density at radius 1 is 1.33 bits per heavy atom. The minimum Gasteiger partial charge on any atom is -0.337 e. The van der Waals surface area contributed by atoms with Crippen molar-refractivity contribution < 1.29 is 9.32 Å². The molecule has 0 spiro atoms. The summed E-state index contributed by atoms with van der Waals surface area (Å²) in [5, 5.41) is 4.51. The third-order valence-electron chi connectivity index (χ3n) is 4.94. The molecule has 1 amide bonds. The SMILES string of the molecule is CC(C)c1noc(C2CCCN2C(=O)c2ccc3c(=O)n(C)cnc3c2)n1. The minimum absolute atomic E-state index is 0.119. The molecule has 1 saturated heterocycles. The first-order chi connectivity index (χ1) is 13.0. The number of amides is 1. The Morgan fingerprint density at radius 3 is 2.89 bits per heavy atom. The Kier molecular flexibility index (Phi) is 4.25. The molecule has 3 aromatic rings. The fourth-order valence-corrected chi connectivity index (χ4v) is 3.39. The van der Waals surface area contributed by atoms with Crippen LogP contribution < -0.4 is 5.56 Å². The Balaban J connectivity index is 1.65. The number of likely N-dealkylation sites (tertiary alicyclic amines) is 1. The molecule has 4 rings (SSSR count). The molecule has 1 aromatic carbocycles. The fraction of sp³-hybridized carbons (Fsp3) is 0.421. The Hall–Kier alpha value is -3.03. The molecule has 0 bridgehead atoms. The van der Waals surface area contributed by atoms with Gasteiger partial charge in [0, 0.05) is 25.1 Å². The fourth-order valence-electron chi connectivity index (χ4n) is 3.39. The summed E-state index contributed by atoms with van der Waals surface area (Å²) in [5.74, 6) is 1.18. The van der Waals surface area contributed by atoms with Crippen LogP contribution in [-0.4, -0.2) is 37.0 Å². The third-order valence-corrected chi connectivity index (χ3v) is 4.94. The van der Waals surface area contributed by atoms with Gasteiger partial charge < -0.3 is 14.0 Å². The molecule has 1 unspecified atom stereocenters. The zero-order valence-electron chi connectivity index (χ0n) is 15.5. The van der Waals surface area contributed by atoms with Crippen molar-refractivity contribution in [1.29, 1.82) is 0 Å². The normalized spacial score (nSPS) is 17.2. The maximum atomic E-state index is 13.1. The van der Waals surface area contributed by atoms with Gasteiger partial charge in [-0.3, -0.25) is 9.59 Å². The van der Waals surface area contributed by atoms with Crippen LogP contribution in [0.1, 0.15) is 60.7 Å². The molecule has 27 heavy (non-hydrogen) atoms. The summed E-state index contributed by atoms with van der Waals surface area (Å²) in [5.41, 5.74) is 0.878. The molecule has 0 saturated carbocycles. The molecule has 0 radical (unpaired) electrons. The van der Waals surface area contributed by atoms with E-state index in [0.29, 0.717) is 34.7 Å². The van der Waals surface area contributed by atoms with Crippen LogP contribution in [0.2, 0.25) is 0 Å². The minimum atomic E-state index is -0.218. The van der Waals surface area contributed by atoms with Crippen molar-refractivity contribution in [3.05, 3.63) is 52.2 Å². The van der Waals surface area contributed by atoms with Crippen molar-refractivity contribution in [2.75, 3.05) is 6.54 Å². The number of benzene rings is 1. The van der Waals surface area contributed by atoms with Gasteiger partial charge in [-0.15, -0.1) is 0 Å². The number of hydrogen-bond acceptors (Lipinski definition) is 6. The molecule has 1 aliphatic heterocycles. The van der Waals surface area contributed by atoms with Gasteiger partial charge in [0.25, 0.3) is 11.5 Å². The summed E-state index contributed by atoms with van der Waals surface area (Å²) in [4.78, 5) is 35.7. The number of fused-ring (bicyclic) bond motifs is 1. The first-order valence-electron chi connectivity index (χ1n) is 9.05. The maximum Gasteiger partial charge on any atom is 0.260 e. The average molecular weight is 367 g/mol. The van der Waals surface area contributed by atoms with E-state index in [4.69, 9.17) is 4.52 Å². The number of hydrogen-bond donors (Lipinski definition) is 0. The van der Waals surface area contributed by atoms with E-state index in [0.717, 1.165) is 12.8 Å². The molecule has 1 aliphatic rings. The average Bonchev–Trinajstić information content (AvgIpc) is 3.32. The van der Waals surface area contributed by atoms with Crippen LogP contribution in [0.25, 0.3) is 10.9 Å². The van der Waals surface area contributed by atoms with Gasteiger partial charge in [0.2, 0.25) is 5.89 Å². The van der Waals surface area contributed by atoms with Crippen LogP contribution in [0.4, 0.5) is 0 Å². The molecule has 8 heteroatoms. The maximum absolute atomic E-state index is 13.1. The van der Waals surface area contributed by atoms with E-state index < -0.39 is 0 Å². The Labute approximate surface area is 155 Å². The summed E-state index contributed by atoms with van der Waals surface area (Å²) >= 11 is 0. The number of carbonyl (C=O) groups excluding carboxylic acids is 1. The topological polar surface area (TPSA) is 94.1 Å². The summed E-state index contributed by atoms with van der Waals surface area (Å²) in [6.07, 6.45) is 3.13. The van der Waals surface area contributed by atoms with Gasteiger partial charge in [-0.25, -0.2) is 4.98 Å². The summed E-state index contributed by atoms with van der Waals surface area (Å²) in [7, 11) is 1.65. The first kappa shape index (κ1) is 17.4. The zero-order chi connectivity index (χ0) is 19.1. The van der Waals surface area contributed by atoms with Crippen LogP contribution in [0.15, 0.2) is 33.8 Å². The first-order valence-corrected chi connectivity index (χ1v) is 9.05. The van der Waals surface area contributed by atoms with E-state index in [2.05, 4.69) is 15.1 Å². The van der Waals surface area contributed by atoms with Gasteiger partial charge in [-0.05, 0) is 31.0 Å². The van der Waals surface area contributed by atoms with Crippen LogP contribution in [0.5, 0.6) is 0 Å². The van der Waals surface area contributed by atoms with Crippen LogP contribution in [0, 0.1) is 0 Å². The number of rotatable bonds is 3. The number of carbonyl (C=O) groups is 1. The molecule has 140 valence electrons. The zero-order valence-corrected chi connectivity index (χ0v) is 15.5. The molecular formula is C19H21N5O3. The molecule has 1 fully saturated rings. The second kappa shape index (κ2) is 6.61. The van der Waals surface area contributed by atoms with Crippen molar-refractivity contribution in [3.8, 4) is 0 Å². The highest BCUT2D eigenvalue weighted by Gasteiger charge is 2.34. The highest BCUT2D eigenvalue weighted by molar-refractivity contribution is 5.98. The molecule has 8 nitrogen and oxygen atoms in total. The van der Waals surface area contributed by atoms with Crippen molar-refractivity contribution in [3.63, 3.8) is 0 Å². The predicted octanol–water partition coefficient (Wildman–Crippen LogP) is 2.42. The standard InChI is InChI=1S/C19H21N5O3/c1-11(2)16-21-17(27-22-16)15-5-4-8-24(15)18(25)12-6-7-13-14(9-12)20-10-23(3)19(13)26/h6-7,9-11,15H,4-5,8H2,1-3H3. The van der Waals surface area contributed by atoms with Crippen molar-refractivity contribution in [1.82, 2.24) is 24.6 Å². The van der Waals surface area contributed by atoms with E-state index in [1.807, 2.05) is 13.8 Å². The highest BCUT2D eigenvalue weighted by Crippen LogP contribution is 2.33.